The van der Waals surface area contributed by atoms with Gasteiger partial charge in [-0.25, -0.2) is 0 Å². The first-order valence-electron chi connectivity index (χ1n) is 5.88. The molecule has 5 heteroatoms. The molecule has 1 aliphatic heterocycles. The smallest absolute Gasteiger partial charge is 0.191 e. The second-order valence-corrected chi connectivity index (χ2v) is 4.98. The molecular weight excluding hydrogens is 222 g/mol. The van der Waals surface area contributed by atoms with Crippen molar-refractivity contribution in [2.45, 2.75) is 50.7 Å². The number of ketones is 1. The van der Waals surface area contributed by atoms with Crippen molar-refractivity contribution in [3.63, 3.8) is 0 Å². The van der Waals surface area contributed by atoms with Crippen LogP contribution >= 0.6 is 11.8 Å². The average molecular weight is 239 g/mol. The second kappa shape index (κ2) is 5.48. The maximum Gasteiger partial charge on any atom is 0.191 e. The molecule has 0 radical (unpaired) electrons. The lowest BCUT2D eigenvalue weighted by Crippen LogP contribution is -2.04. The summed E-state index contributed by atoms with van der Waals surface area (Å²) in [6, 6.07) is 0. The first-order valence-corrected chi connectivity index (χ1v) is 6.86. The van der Waals surface area contributed by atoms with E-state index in [-0.39, 0.29) is 5.78 Å². The molecule has 0 saturated heterocycles. The molecule has 2 heterocycles. The van der Waals surface area contributed by atoms with Crippen LogP contribution in [0.1, 0.15) is 38.4 Å². The number of hydrogen-bond donors (Lipinski definition) is 0. The molecule has 1 aromatic heterocycles. The van der Waals surface area contributed by atoms with Crippen molar-refractivity contribution in [1.82, 2.24) is 14.8 Å². The molecule has 0 saturated carbocycles. The summed E-state index contributed by atoms with van der Waals surface area (Å²) in [5.41, 5.74) is 0. The molecule has 0 fully saturated rings. The van der Waals surface area contributed by atoms with Crippen LogP contribution in [0.25, 0.3) is 0 Å². The van der Waals surface area contributed by atoms with E-state index >= 15 is 0 Å². The summed E-state index contributed by atoms with van der Waals surface area (Å²) in [4.78, 5) is 11.3. The van der Waals surface area contributed by atoms with Gasteiger partial charge in [0.15, 0.2) is 5.16 Å². The molecule has 1 aliphatic rings. The monoisotopic (exact) mass is 239 g/mol. The highest BCUT2D eigenvalue weighted by Gasteiger charge is 2.15. The number of carbonyl (C=O) groups excluding carboxylic acids is 1. The lowest BCUT2D eigenvalue weighted by Gasteiger charge is -2.05. The Morgan fingerprint density at radius 1 is 1.38 bits per heavy atom. The second-order valence-electron chi connectivity index (χ2n) is 4.04. The van der Waals surface area contributed by atoms with Gasteiger partial charge in [0.05, 0.1) is 5.75 Å². The predicted molar refractivity (Wildman–Crippen MR) is 63.6 cm³/mol. The largest absolute Gasteiger partial charge is 0.306 e. The summed E-state index contributed by atoms with van der Waals surface area (Å²) >= 11 is 1.52. The van der Waals surface area contributed by atoms with E-state index in [9.17, 15) is 4.79 Å². The Morgan fingerprint density at radius 2 is 2.25 bits per heavy atom. The van der Waals surface area contributed by atoms with Gasteiger partial charge in [-0.05, 0) is 12.8 Å². The van der Waals surface area contributed by atoms with Crippen LogP contribution in [0.3, 0.4) is 0 Å². The van der Waals surface area contributed by atoms with E-state index in [2.05, 4.69) is 14.8 Å². The number of aromatic nitrogens is 3. The number of fused-ring (bicyclic) bond motifs is 1. The number of carbonyl (C=O) groups is 1. The molecule has 0 aromatic carbocycles. The minimum Gasteiger partial charge on any atom is -0.306 e. The number of Topliss-reactive ketones (excluding diaryl/α,β-unsaturated/α-hetero) is 1. The highest BCUT2D eigenvalue weighted by Crippen LogP contribution is 2.21. The van der Waals surface area contributed by atoms with Crippen molar-refractivity contribution < 1.29 is 4.79 Å². The van der Waals surface area contributed by atoms with Crippen LogP contribution in [0.15, 0.2) is 5.16 Å². The quantitative estimate of drug-likeness (QED) is 0.755. The predicted octanol–water partition coefficient (Wildman–Crippen LogP) is 2.08. The SMILES string of the molecule is CCC(=O)CSc1nnc2n1CCCCC2. The zero-order chi connectivity index (χ0) is 11.4. The minimum absolute atomic E-state index is 0.274. The van der Waals surface area contributed by atoms with Gasteiger partial charge in [-0.2, -0.15) is 0 Å². The summed E-state index contributed by atoms with van der Waals surface area (Å²) in [6.45, 7) is 2.90. The van der Waals surface area contributed by atoms with Gasteiger partial charge in [-0.15, -0.1) is 10.2 Å². The molecule has 0 bridgehead atoms. The maximum atomic E-state index is 11.3. The van der Waals surface area contributed by atoms with Gasteiger partial charge in [0.25, 0.3) is 0 Å². The number of thioether (sulfide) groups is 1. The standard InChI is InChI=1S/C11H17N3OS/c1-2-9(15)8-16-11-13-12-10-6-4-3-5-7-14(10)11/h2-8H2,1H3. The Morgan fingerprint density at radius 3 is 3.06 bits per heavy atom. The van der Waals surface area contributed by atoms with Crippen LogP contribution < -0.4 is 0 Å². The molecule has 0 unspecified atom stereocenters. The van der Waals surface area contributed by atoms with Gasteiger partial charge in [0, 0.05) is 19.4 Å². The van der Waals surface area contributed by atoms with Gasteiger partial charge in [0.2, 0.25) is 0 Å². The topological polar surface area (TPSA) is 47.8 Å². The molecular formula is C11H17N3OS. The fourth-order valence-electron chi connectivity index (χ4n) is 1.81. The first-order chi connectivity index (χ1) is 7.81. The Labute approximate surface area is 99.8 Å². The Bertz CT molecular complexity index is 375. The van der Waals surface area contributed by atoms with Crippen molar-refractivity contribution in [2.75, 3.05) is 5.75 Å². The molecule has 0 aliphatic carbocycles. The van der Waals surface area contributed by atoms with E-state index < -0.39 is 0 Å². The van der Waals surface area contributed by atoms with Crippen molar-refractivity contribution >= 4 is 17.5 Å². The molecule has 0 amide bonds. The summed E-state index contributed by atoms with van der Waals surface area (Å²) in [7, 11) is 0. The summed E-state index contributed by atoms with van der Waals surface area (Å²) in [6.07, 6.45) is 5.29. The van der Waals surface area contributed by atoms with Gasteiger partial charge in [-0.3, -0.25) is 4.79 Å². The Hall–Kier alpha value is -0.840. The van der Waals surface area contributed by atoms with E-state index in [4.69, 9.17) is 0 Å². The summed E-state index contributed by atoms with van der Waals surface area (Å²) in [5.74, 6) is 1.88. The van der Waals surface area contributed by atoms with Crippen LogP contribution in [-0.4, -0.2) is 26.3 Å². The minimum atomic E-state index is 0.274. The zero-order valence-corrected chi connectivity index (χ0v) is 10.4. The highest BCUT2D eigenvalue weighted by molar-refractivity contribution is 7.99. The number of nitrogens with zero attached hydrogens (tertiary/aromatic N) is 3. The van der Waals surface area contributed by atoms with Crippen LogP contribution in [0.5, 0.6) is 0 Å². The van der Waals surface area contributed by atoms with Gasteiger partial charge in [-0.1, -0.05) is 25.1 Å². The Balaban J connectivity index is 2.04. The van der Waals surface area contributed by atoms with Crippen LogP contribution in [0.2, 0.25) is 0 Å². The summed E-state index contributed by atoms with van der Waals surface area (Å²) < 4.78 is 2.18. The van der Waals surface area contributed by atoms with Crippen molar-refractivity contribution in [2.24, 2.45) is 0 Å². The molecule has 0 spiro atoms. The maximum absolute atomic E-state index is 11.3. The average Bonchev–Trinajstić information content (AvgIpc) is 2.54. The zero-order valence-electron chi connectivity index (χ0n) is 9.61. The molecule has 4 nitrogen and oxygen atoms in total. The molecule has 0 atom stereocenters. The lowest BCUT2D eigenvalue weighted by atomic mass is 10.2. The van der Waals surface area contributed by atoms with Crippen LogP contribution in [0, 0.1) is 0 Å². The number of rotatable bonds is 4. The van der Waals surface area contributed by atoms with Gasteiger partial charge < -0.3 is 4.57 Å². The summed E-state index contributed by atoms with van der Waals surface area (Å²) in [5, 5.41) is 9.29. The molecule has 0 N–H and O–H groups in total. The fourth-order valence-corrected chi connectivity index (χ4v) is 2.76. The van der Waals surface area contributed by atoms with Crippen LogP contribution in [0.4, 0.5) is 0 Å². The van der Waals surface area contributed by atoms with Gasteiger partial charge >= 0.3 is 0 Å². The fraction of sp³-hybridized carbons (Fsp3) is 0.727. The first kappa shape index (κ1) is 11.6. The van der Waals surface area contributed by atoms with E-state index in [1.165, 1.54) is 31.0 Å². The Kier molecular flexibility index (Phi) is 3.98. The van der Waals surface area contributed by atoms with Crippen molar-refractivity contribution in [1.29, 1.82) is 0 Å². The normalized spacial score (nSPS) is 15.6. The number of hydrogen-bond acceptors (Lipinski definition) is 4. The van der Waals surface area contributed by atoms with E-state index in [1.807, 2.05) is 6.92 Å². The third-order valence-corrected chi connectivity index (χ3v) is 3.86. The molecule has 1 aromatic rings. The third kappa shape index (κ3) is 2.64. The van der Waals surface area contributed by atoms with Gasteiger partial charge in [0.1, 0.15) is 11.6 Å². The third-order valence-electron chi connectivity index (χ3n) is 2.83. The van der Waals surface area contributed by atoms with E-state index in [0.717, 1.165) is 23.9 Å². The van der Waals surface area contributed by atoms with E-state index in [0.29, 0.717) is 12.2 Å². The molecule has 2 rings (SSSR count). The highest BCUT2D eigenvalue weighted by atomic mass is 32.2. The molecule has 16 heavy (non-hydrogen) atoms. The van der Waals surface area contributed by atoms with Crippen LogP contribution in [-0.2, 0) is 17.8 Å². The van der Waals surface area contributed by atoms with Crippen molar-refractivity contribution in [3.8, 4) is 0 Å². The molecule has 88 valence electrons. The van der Waals surface area contributed by atoms with E-state index in [1.54, 1.807) is 0 Å². The van der Waals surface area contributed by atoms with Crippen molar-refractivity contribution in [3.05, 3.63) is 5.82 Å². The lowest BCUT2D eigenvalue weighted by molar-refractivity contribution is -0.116. The number of aryl methyl sites for hydroxylation is 1.